The maximum absolute atomic E-state index is 12.4. The number of carbonyl (C=O) groups is 2. The quantitative estimate of drug-likeness (QED) is 0.886. The van der Waals surface area contributed by atoms with Gasteiger partial charge in [-0.25, -0.2) is 14.8 Å². The molecular formula is C14H16F3N3O3. The Bertz CT molecular complexity index is 594. The van der Waals surface area contributed by atoms with Gasteiger partial charge in [-0.05, 0) is 31.6 Å². The highest BCUT2D eigenvalue weighted by Crippen LogP contribution is 2.32. The van der Waals surface area contributed by atoms with Crippen molar-refractivity contribution in [3.8, 4) is 0 Å². The van der Waals surface area contributed by atoms with E-state index < -0.39 is 29.4 Å². The molecule has 1 aliphatic rings. The van der Waals surface area contributed by atoms with Gasteiger partial charge in [-0.1, -0.05) is 6.92 Å². The van der Waals surface area contributed by atoms with Gasteiger partial charge in [-0.2, -0.15) is 13.2 Å². The second-order valence-corrected chi connectivity index (χ2v) is 5.82. The van der Waals surface area contributed by atoms with Gasteiger partial charge in [0.15, 0.2) is 0 Å². The van der Waals surface area contributed by atoms with E-state index in [0.717, 1.165) is 12.4 Å². The van der Waals surface area contributed by atoms with E-state index in [-0.39, 0.29) is 18.4 Å². The van der Waals surface area contributed by atoms with Crippen molar-refractivity contribution in [2.75, 3.05) is 0 Å². The average Bonchev–Trinajstić information content (AvgIpc) is 2.49. The van der Waals surface area contributed by atoms with Gasteiger partial charge in [0.05, 0.1) is 5.56 Å². The summed E-state index contributed by atoms with van der Waals surface area (Å²) in [5, 5.41) is 11.9. The number of carbonyl (C=O) groups excluding carboxylic acids is 1. The van der Waals surface area contributed by atoms with Gasteiger partial charge in [-0.15, -0.1) is 0 Å². The van der Waals surface area contributed by atoms with E-state index in [1.807, 2.05) is 6.92 Å². The van der Waals surface area contributed by atoms with Crippen LogP contribution in [0.5, 0.6) is 0 Å². The number of alkyl halides is 3. The Morgan fingerprint density at radius 3 is 2.22 bits per heavy atom. The number of carboxylic acid groups (broad SMARTS) is 1. The molecule has 0 aromatic carbocycles. The molecule has 1 fully saturated rings. The summed E-state index contributed by atoms with van der Waals surface area (Å²) in [5.41, 5.74) is -1.61. The van der Waals surface area contributed by atoms with E-state index in [0.29, 0.717) is 18.8 Å². The minimum absolute atomic E-state index is 0.211. The lowest BCUT2D eigenvalue weighted by molar-refractivity contribution is -0.146. The fourth-order valence-electron chi connectivity index (χ4n) is 2.53. The van der Waals surface area contributed by atoms with E-state index in [9.17, 15) is 27.9 Å². The minimum atomic E-state index is -4.70. The third-order valence-corrected chi connectivity index (χ3v) is 4.06. The zero-order valence-electron chi connectivity index (χ0n) is 12.4. The Kier molecular flexibility index (Phi) is 4.58. The third kappa shape index (κ3) is 3.77. The summed E-state index contributed by atoms with van der Waals surface area (Å²) in [7, 11) is 0. The molecule has 0 atom stereocenters. The van der Waals surface area contributed by atoms with Crippen LogP contribution in [0.25, 0.3) is 0 Å². The van der Waals surface area contributed by atoms with Gasteiger partial charge in [0.25, 0.3) is 5.91 Å². The van der Waals surface area contributed by atoms with Gasteiger partial charge in [-0.3, -0.25) is 4.79 Å². The maximum atomic E-state index is 12.4. The van der Waals surface area contributed by atoms with E-state index in [2.05, 4.69) is 15.3 Å². The number of nitrogens with zero attached hydrogens (tertiary/aromatic N) is 2. The van der Waals surface area contributed by atoms with Crippen LogP contribution in [0.15, 0.2) is 12.4 Å². The number of rotatable bonds is 3. The van der Waals surface area contributed by atoms with E-state index in [1.54, 1.807) is 0 Å². The summed E-state index contributed by atoms with van der Waals surface area (Å²) >= 11 is 0. The van der Waals surface area contributed by atoms with Crippen molar-refractivity contribution in [1.82, 2.24) is 15.3 Å². The predicted octanol–water partition coefficient (Wildman–Crippen LogP) is 2.26. The molecule has 1 aromatic rings. The molecule has 0 saturated heterocycles. The van der Waals surface area contributed by atoms with Crippen LogP contribution in [0.2, 0.25) is 0 Å². The second kappa shape index (κ2) is 6.13. The van der Waals surface area contributed by atoms with Crippen LogP contribution in [-0.4, -0.2) is 32.5 Å². The van der Waals surface area contributed by atoms with Crippen molar-refractivity contribution in [3.05, 3.63) is 23.8 Å². The molecule has 2 N–H and O–H groups in total. The number of hydrogen-bond donors (Lipinski definition) is 2. The molecule has 0 radical (unpaired) electrons. The van der Waals surface area contributed by atoms with Crippen molar-refractivity contribution in [3.63, 3.8) is 0 Å². The van der Waals surface area contributed by atoms with Gasteiger partial charge in [0.2, 0.25) is 5.82 Å². The summed E-state index contributed by atoms with van der Waals surface area (Å²) in [6.07, 6.45) is -1.37. The molecule has 6 nitrogen and oxygen atoms in total. The highest BCUT2D eigenvalue weighted by molar-refractivity contribution is 5.97. The molecule has 9 heteroatoms. The number of nitrogens with one attached hydrogen (secondary N) is 1. The highest BCUT2D eigenvalue weighted by Gasteiger charge is 2.43. The van der Waals surface area contributed by atoms with Crippen LogP contribution < -0.4 is 5.32 Å². The van der Waals surface area contributed by atoms with Crippen molar-refractivity contribution >= 4 is 11.9 Å². The molecule has 1 aromatic heterocycles. The first kappa shape index (κ1) is 17.2. The van der Waals surface area contributed by atoms with Crippen molar-refractivity contribution in [1.29, 1.82) is 0 Å². The largest absolute Gasteiger partial charge is 0.480 e. The summed E-state index contributed by atoms with van der Waals surface area (Å²) in [5.74, 6) is -2.93. The van der Waals surface area contributed by atoms with Crippen molar-refractivity contribution in [2.45, 2.75) is 44.3 Å². The molecule has 126 valence electrons. The third-order valence-electron chi connectivity index (χ3n) is 4.06. The molecule has 1 heterocycles. The monoisotopic (exact) mass is 331 g/mol. The number of hydrogen-bond acceptors (Lipinski definition) is 4. The van der Waals surface area contributed by atoms with Crippen LogP contribution in [0.3, 0.4) is 0 Å². The van der Waals surface area contributed by atoms with Gasteiger partial charge < -0.3 is 10.4 Å². The minimum Gasteiger partial charge on any atom is -0.480 e. The molecule has 0 spiro atoms. The lowest BCUT2D eigenvalue weighted by atomic mass is 9.77. The number of aromatic nitrogens is 2. The van der Waals surface area contributed by atoms with E-state index in [4.69, 9.17) is 0 Å². The molecule has 1 saturated carbocycles. The maximum Gasteiger partial charge on any atom is 0.451 e. The highest BCUT2D eigenvalue weighted by atomic mass is 19.4. The SMILES string of the molecule is CC1CCC(NC(=O)c2cnc(C(F)(F)F)nc2)(C(=O)O)CC1. The fourth-order valence-corrected chi connectivity index (χ4v) is 2.53. The molecule has 2 rings (SSSR count). The standard InChI is InChI=1S/C14H16F3N3O3/c1-8-2-4-13(5-3-8,12(22)23)20-10(21)9-6-18-11(19-7-9)14(15,16)17/h6-8H,2-5H2,1H3,(H,20,21)(H,22,23). The first-order valence-corrected chi connectivity index (χ1v) is 7.09. The molecule has 23 heavy (non-hydrogen) atoms. The fraction of sp³-hybridized carbons (Fsp3) is 0.571. The first-order valence-electron chi connectivity index (χ1n) is 7.09. The lowest BCUT2D eigenvalue weighted by Gasteiger charge is -2.36. The zero-order chi connectivity index (χ0) is 17.3. The number of carboxylic acids is 1. The first-order chi connectivity index (χ1) is 10.6. The normalized spacial score (nSPS) is 25.0. The molecule has 0 aliphatic heterocycles. The molecular weight excluding hydrogens is 315 g/mol. The zero-order valence-corrected chi connectivity index (χ0v) is 12.4. The Balaban J connectivity index is 2.15. The summed E-state index contributed by atoms with van der Waals surface area (Å²) in [4.78, 5) is 29.9. The molecule has 1 amide bonds. The van der Waals surface area contributed by atoms with Crippen LogP contribution in [-0.2, 0) is 11.0 Å². The number of amides is 1. The number of aliphatic carboxylic acids is 1. The smallest absolute Gasteiger partial charge is 0.451 e. The molecule has 0 unspecified atom stereocenters. The second-order valence-electron chi connectivity index (χ2n) is 5.82. The predicted molar refractivity (Wildman–Crippen MR) is 72.5 cm³/mol. The van der Waals surface area contributed by atoms with Gasteiger partial charge in [0.1, 0.15) is 5.54 Å². The van der Waals surface area contributed by atoms with E-state index >= 15 is 0 Å². The van der Waals surface area contributed by atoms with E-state index in [1.165, 1.54) is 0 Å². The lowest BCUT2D eigenvalue weighted by Crippen LogP contribution is -2.56. The average molecular weight is 331 g/mol. The molecule has 1 aliphatic carbocycles. The molecule has 0 bridgehead atoms. The summed E-state index contributed by atoms with van der Waals surface area (Å²) < 4.78 is 37.2. The van der Waals surface area contributed by atoms with Crippen LogP contribution in [0, 0.1) is 5.92 Å². The Morgan fingerprint density at radius 2 is 1.78 bits per heavy atom. The van der Waals surface area contributed by atoms with Gasteiger partial charge >= 0.3 is 12.1 Å². The Hall–Kier alpha value is -2.19. The van der Waals surface area contributed by atoms with Crippen LogP contribution in [0.1, 0.15) is 48.8 Å². The van der Waals surface area contributed by atoms with Crippen molar-refractivity contribution in [2.24, 2.45) is 5.92 Å². The van der Waals surface area contributed by atoms with Crippen LogP contribution >= 0.6 is 0 Å². The number of halogens is 3. The Morgan fingerprint density at radius 1 is 1.26 bits per heavy atom. The van der Waals surface area contributed by atoms with Crippen molar-refractivity contribution < 1.29 is 27.9 Å². The Labute approximate surface area is 130 Å². The summed E-state index contributed by atoms with van der Waals surface area (Å²) in [6.45, 7) is 2.00. The van der Waals surface area contributed by atoms with Gasteiger partial charge in [0, 0.05) is 12.4 Å². The topological polar surface area (TPSA) is 92.2 Å². The van der Waals surface area contributed by atoms with Crippen LogP contribution in [0.4, 0.5) is 13.2 Å². The summed E-state index contributed by atoms with van der Waals surface area (Å²) in [6, 6.07) is 0.